The summed E-state index contributed by atoms with van der Waals surface area (Å²) in [4.78, 5) is 26.3. The highest BCUT2D eigenvalue weighted by Crippen LogP contribution is 2.17. The Morgan fingerprint density at radius 2 is 2.18 bits per heavy atom. The van der Waals surface area contributed by atoms with Gasteiger partial charge < -0.3 is 14.6 Å². The number of aromatic nitrogens is 1. The monoisotopic (exact) mass is 303 g/mol. The number of oxazole rings is 1. The molecule has 1 aromatic carbocycles. The number of carbonyl (C=O) groups is 1. The molecular formula is C16H21N3O3. The Kier molecular flexibility index (Phi) is 4.29. The van der Waals surface area contributed by atoms with Crippen molar-refractivity contribution in [1.82, 2.24) is 14.8 Å². The molecule has 0 spiro atoms. The molecule has 1 N–H and O–H groups in total. The molecule has 1 aliphatic heterocycles. The number of carbonyl (C=O) groups excluding carboxylic acids is 1. The van der Waals surface area contributed by atoms with Crippen molar-refractivity contribution >= 4 is 17.0 Å². The molecule has 1 saturated heterocycles. The molecule has 1 fully saturated rings. The van der Waals surface area contributed by atoms with Gasteiger partial charge in [-0.2, -0.15) is 0 Å². The molecule has 1 aliphatic rings. The van der Waals surface area contributed by atoms with Crippen LogP contribution in [0.2, 0.25) is 0 Å². The van der Waals surface area contributed by atoms with Gasteiger partial charge >= 0.3 is 5.76 Å². The summed E-state index contributed by atoms with van der Waals surface area (Å²) in [5.41, 5.74) is 1.81. The molecule has 0 saturated carbocycles. The first-order chi connectivity index (χ1) is 10.7. The number of benzene rings is 1. The van der Waals surface area contributed by atoms with Crippen LogP contribution in [0, 0.1) is 0 Å². The van der Waals surface area contributed by atoms with E-state index in [1.54, 1.807) is 22.8 Å². The molecule has 6 nitrogen and oxygen atoms in total. The number of fused-ring (bicyclic) bond motifs is 1. The number of nitrogens with zero attached hydrogens (tertiary/aromatic N) is 2. The van der Waals surface area contributed by atoms with Gasteiger partial charge in [-0.25, -0.2) is 4.79 Å². The molecule has 0 bridgehead atoms. The maximum Gasteiger partial charge on any atom is 0.419 e. The predicted molar refractivity (Wildman–Crippen MR) is 84.2 cm³/mol. The van der Waals surface area contributed by atoms with Gasteiger partial charge in [0, 0.05) is 31.7 Å². The molecule has 1 amide bonds. The summed E-state index contributed by atoms with van der Waals surface area (Å²) in [5.74, 6) is -0.364. The Bertz CT molecular complexity index is 724. The number of aryl methyl sites for hydroxylation is 1. The normalized spacial score (nSPS) is 16.0. The highest BCUT2D eigenvalue weighted by molar-refractivity contribution is 5.97. The van der Waals surface area contributed by atoms with Crippen LogP contribution < -0.4 is 11.1 Å². The average molecular weight is 303 g/mol. The molecular weight excluding hydrogens is 282 g/mol. The second kappa shape index (κ2) is 6.36. The SMILES string of the molecule is CCCn1c(=O)oc2cc(C(=O)N3CCCNCC3)ccc21. The lowest BCUT2D eigenvalue weighted by atomic mass is 10.1. The first-order valence-corrected chi connectivity index (χ1v) is 7.84. The summed E-state index contributed by atoms with van der Waals surface area (Å²) < 4.78 is 6.89. The summed E-state index contributed by atoms with van der Waals surface area (Å²) in [6, 6.07) is 5.27. The van der Waals surface area contributed by atoms with Crippen LogP contribution >= 0.6 is 0 Å². The van der Waals surface area contributed by atoms with Crippen LogP contribution in [-0.4, -0.2) is 41.6 Å². The third-order valence-electron chi connectivity index (χ3n) is 3.99. The molecule has 0 radical (unpaired) electrons. The number of hydrogen-bond donors (Lipinski definition) is 1. The Balaban J connectivity index is 1.91. The molecule has 6 heteroatoms. The summed E-state index contributed by atoms with van der Waals surface area (Å²) >= 11 is 0. The van der Waals surface area contributed by atoms with Crippen molar-refractivity contribution in [2.45, 2.75) is 26.3 Å². The van der Waals surface area contributed by atoms with Gasteiger partial charge in [0.2, 0.25) is 0 Å². The Morgan fingerprint density at radius 3 is 3.00 bits per heavy atom. The summed E-state index contributed by atoms with van der Waals surface area (Å²) in [6.45, 7) is 5.85. The third-order valence-corrected chi connectivity index (χ3v) is 3.99. The van der Waals surface area contributed by atoms with Gasteiger partial charge in [0.1, 0.15) is 0 Å². The Morgan fingerprint density at radius 1 is 1.32 bits per heavy atom. The number of nitrogens with one attached hydrogen (secondary N) is 1. The van der Waals surface area contributed by atoms with Crippen molar-refractivity contribution in [1.29, 1.82) is 0 Å². The fraction of sp³-hybridized carbons (Fsp3) is 0.500. The minimum Gasteiger partial charge on any atom is -0.408 e. The van der Waals surface area contributed by atoms with Crippen LogP contribution in [0.1, 0.15) is 30.1 Å². The van der Waals surface area contributed by atoms with Crippen LogP contribution in [0.5, 0.6) is 0 Å². The van der Waals surface area contributed by atoms with Crippen LogP contribution in [0.4, 0.5) is 0 Å². The van der Waals surface area contributed by atoms with Crippen LogP contribution in [0.3, 0.4) is 0 Å². The second-order valence-corrected chi connectivity index (χ2v) is 5.60. The average Bonchev–Trinajstić information content (AvgIpc) is 2.72. The lowest BCUT2D eigenvalue weighted by Gasteiger charge is -2.19. The zero-order chi connectivity index (χ0) is 15.5. The van der Waals surface area contributed by atoms with E-state index >= 15 is 0 Å². The molecule has 0 atom stereocenters. The minimum atomic E-state index is -0.361. The summed E-state index contributed by atoms with van der Waals surface area (Å²) in [6.07, 6.45) is 1.81. The first kappa shape index (κ1) is 14.8. The van der Waals surface area contributed by atoms with Crippen LogP contribution in [0.15, 0.2) is 27.4 Å². The number of rotatable bonds is 3. The van der Waals surface area contributed by atoms with Crippen molar-refractivity contribution in [3.05, 3.63) is 34.3 Å². The smallest absolute Gasteiger partial charge is 0.408 e. The zero-order valence-electron chi connectivity index (χ0n) is 12.8. The topological polar surface area (TPSA) is 67.5 Å². The zero-order valence-corrected chi connectivity index (χ0v) is 12.8. The van der Waals surface area contributed by atoms with Gasteiger partial charge in [-0.15, -0.1) is 0 Å². The molecule has 118 valence electrons. The van der Waals surface area contributed by atoms with Gasteiger partial charge in [0.25, 0.3) is 5.91 Å². The Labute approximate surface area is 128 Å². The van der Waals surface area contributed by atoms with E-state index in [-0.39, 0.29) is 11.7 Å². The van der Waals surface area contributed by atoms with Gasteiger partial charge in [-0.05, 0) is 37.6 Å². The fourth-order valence-corrected chi connectivity index (χ4v) is 2.87. The maximum atomic E-state index is 12.6. The van der Waals surface area contributed by atoms with Crippen molar-refractivity contribution in [2.24, 2.45) is 0 Å². The quantitative estimate of drug-likeness (QED) is 0.931. The molecule has 2 aromatic rings. The lowest BCUT2D eigenvalue weighted by molar-refractivity contribution is 0.0766. The van der Waals surface area contributed by atoms with E-state index in [2.05, 4.69) is 5.32 Å². The van der Waals surface area contributed by atoms with Crippen molar-refractivity contribution in [2.75, 3.05) is 26.2 Å². The highest BCUT2D eigenvalue weighted by Gasteiger charge is 2.19. The van der Waals surface area contributed by atoms with Gasteiger partial charge in [-0.1, -0.05) is 6.92 Å². The van der Waals surface area contributed by atoms with E-state index in [1.807, 2.05) is 11.8 Å². The Hall–Kier alpha value is -2.08. The highest BCUT2D eigenvalue weighted by atomic mass is 16.4. The predicted octanol–water partition coefficient (Wildman–Crippen LogP) is 1.44. The van der Waals surface area contributed by atoms with E-state index in [9.17, 15) is 9.59 Å². The van der Waals surface area contributed by atoms with E-state index in [0.29, 0.717) is 24.2 Å². The van der Waals surface area contributed by atoms with Gasteiger partial charge in [-0.3, -0.25) is 9.36 Å². The third kappa shape index (κ3) is 2.78. The van der Waals surface area contributed by atoms with E-state index in [4.69, 9.17) is 4.42 Å². The van der Waals surface area contributed by atoms with Gasteiger partial charge in [0.15, 0.2) is 5.58 Å². The standard InChI is InChI=1S/C16H21N3O3/c1-2-8-19-13-5-4-12(11-14(13)22-16(19)21)15(20)18-9-3-6-17-7-10-18/h4-5,11,17H,2-3,6-10H2,1H3. The van der Waals surface area contributed by atoms with Crippen LogP contribution in [0.25, 0.3) is 11.1 Å². The molecule has 2 heterocycles. The lowest BCUT2D eigenvalue weighted by Crippen LogP contribution is -2.34. The largest absolute Gasteiger partial charge is 0.419 e. The van der Waals surface area contributed by atoms with Crippen molar-refractivity contribution in [3.8, 4) is 0 Å². The molecule has 0 aliphatic carbocycles. The van der Waals surface area contributed by atoms with Crippen LogP contribution in [-0.2, 0) is 6.54 Å². The molecule has 22 heavy (non-hydrogen) atoms. The van der Waals surface area contributed by atoms with E-state index in [0.717, 1.165) is 38.0 Å². The van der Waals surface area contributed by atoms with E-state index < -0.39 is 0 Å². The summed E-state index contributed by atoms with van der Waals surface area (Å²) in [5, 5.41) is 3.28. The molecule has 3 rings (SSSR count). The van der Waals surface area contributed by atoms with Crippen molar-refractivity contribution < 1.29 is 9.21 Å². The number of amides is 1. The number of hydrogen-bond acceptors (Lipinski definition) is 4. The van der Waals surface area contributed by atoms with Crippen molar-refractivity contribution in [3.63, 3.8) is 0 Å². The van der Waals surface area contributed by atoms with E-state index in [1.165, 1.54) is 0 Å². The maximum absolute atomic E-state index is 12.6. The second-order valence-electron chi connectivity index (χ2n) is 5.60. The summed E-state index contributed by atoms with van der Waals surface area (Å²) in [7, 11) is 0. The first-order valence-electron chi connectivity index (χ1n) is 7.84. The molecule has 1 aromatic heterocycles. The molecule has 0 unspecified atom stereocenters. The van der Waals surface area contributed by atoms with Gasteiger partial charge in [0.05, 0.1) is 5.52 Å². The minimum absolute atomic E-state index is 0.00325. The fourth-order valence-electron chi connectivity index (χ4n) is 2.87.